The third-order valence-electron chi connectivity index (χ3n) is 5.98. The lowest BCUT2D eigenvalue weighted by Crippen LogP contribution is -2.45. The van der Waals surface area contributed by atoms with Crippen LogP contribution in [0, 0.1) is 0 Å². The highest BCUT2D eigenvalue weighted by atomic mass is 16.2. The van der Waals surface area contributed by atoms with Crippen LogP contribution in [0.25, 0.3) is 0 Å². The Balaban J connectivity index is 1.34. The lowest BCUT2D eigenvalue weighted by atomic mass is 9.95. The lowest BCUT2D eigenvalue weighted by molar-refractivity contribution is -0.139. The van der Waals surface area contributed by atoms with Crippen molar-refractivity contribution in [2.75, 3.05) is 24.5 Å². The molecule has 154 valence electrons. The Morgan fingerprint density at radius 3 is 2.18 bits per heavy atom. The maximum Gasteiger partial charge on any atom is 0.309 e. The zero-order chi connectivity index (χ0) is 19.6. The number of aryl methyl sites for hydroxylation is 1. The summed E-state index contributed by atoms with van der Waals surface area (Å²) in [7, 11) is 0. The Hall–Kier alpha value is -2.04. The number of anilines is 1. The van der Waals surface area contributed by atoms with Gasteiger partial charge in [0.2, 0.25) is 0 Å². The van der Waals surface area contributed by atoms with Crippen LogP contribution < -0.4 is 15.5 Å². The van der Waals surface area contributed by atoms with Gasteiger partial charge in [0, 0.05) is 31.4 Å². The highest BCUT2D eigenvalue weighted by Gasteiger charge is 2.19. The summed E-state index contributed by atoms with van der Waals surface area (Å²) >= 11 is 0. The van der Waals surface area contributed by atoms with E-state index in [2.05, 4.69) is 39.8 Å². The second-order valence-corrected chi connectivity index (χ2v) is 8.24. The first-order valence-corrected chi connectivity index (χ1v) is 11.1. The fourth-order valence-corrected chi connectivity index (χ4v) is 4.27. The van der Waals surface area contributed by atoms with Gasteiger partial charge in [-0.15, -0.1) is 0 Å². The minimum atomic E-state index is -0.498. The monoisotopic (exact) mass is 385 g/mol. The van der Waals surface area contributed by atoms with Crippen LogP contribution in [0.4, 0.5) is 5.69 Å². The fourth-order valence-electron chi connectivity index (χ4n) is 4.27. The van der Waals surface area contributed by atoms with E-state index in [1.54, 1.807) is 0 Å². The lowest BCUT2D eigenvalue weighted by Gasteiger charge is -2.22. The number of hydrogen-bond acceptors (Lipinski definition) is 3. The van der Waals surface area contributed by atoms with Gasteiger partial charge in [0.15, 0.2) is 0 Å². The first-order chi connectivity index (χ1) is 13.7. The molecule has 2 N–H and O–H groups in total. The maximum absolute atomic E-state index is 12.0. The molecule has 3 rings (SSSR count). The molecule has 1 saturated heterocycles. The summed E-state index contributed by atoms with van der Waals surface area (Å²) in [5.41, 5.74) is 2.60. The predicted molar refractivity (Wildman–Crippen MR) is 113 cm³/mol. The van der Waals surface area contributed by atoms with Crippen LogP contribution in [0.5, 0.6) is 0 Å². The summed E-state index contributed by atoms with van der Waals surface area (Å²) < 4.78 is 0. The number of carbonyl (C=O) groups is 2. The molecule has 28 heavy (non-hydrogen) atoms. The summed E-state index contributed by atoms with van der Waals surface area (Å²) in [6.45, 7) is 2.85. The maximum atomic E-state index is 12.0. The van der Waals surface area contributed by atoms with Crippen LogP contribution in [-0.2, 0) is 16.0 Å². The first kappa shape index (κ1) is 20.7. The third kappa shape index (κ3) is 6.54. The molecule has 1 aromatic carbocycles. The molecule has 1 aliphatic carbocycles. The van der Waals surface area contributed by atoms with Crippen molar-refractivity contribution in [1.29, 1.82) is 0 Å². The molecular formula is C23H35N3O2. The van der Waals surface area contributed by atoms with E-state index in [-0.39, 0.29) is 6.04 Å². The van der Waals surface area contributed by atoms with Gasteiger partial charge in [-0.2, -0.15) is 0 Å². The van der Waals surface area contributed by atoms with Crippen LogP contribution in [0.2, 0.25) is 0 Å². The van der Waals surface area contributed by atoms with E-state index >= 15 is 0 Å². The Bertz CT molecular complexity index is 615. The topological polar surface area (TPSA) is 61.4 Å². The zero-order valence-electron chi connectivity index (χ0n) is 17.0. The van der Waals surface area contributed by atoms with Gasteiger partial charge in [-0.1, -0.05) is 44.2 Å². The molecular weight excluding hydrogens is 350 g/mol. The van der Waals surface area contributed by atoms with Crippen LogP contribution >= 0.6 is 0 Å². The van der Waals surface area contributed by atoms with Gasteiger partial charge in [-0.3, -0.25) is 9.59 Å². The highest BCUT2D eigenvalue weighted by Crippen LogP contribution is 2.20. The van der Waals surface area contributed by atoms with Gasteiger partial charge in [0.05, 0.1) is 0 Å². The number of benzene rings is 1. The van der Waals surface area contributed by atoms with E-state index in [1.165, 1.54) is 43.4 Å². The number of carbonyl (C=O) groups excluding carboxylic acids is 2. The van der Waals surface area contributed by atoms with Gasteiger partial charge in [-0.25, -0.2) is 0 Å². The quantitative estimate of drug-likeness (QED) is 0.581. The van der Waals surface area contributed by atoms with Crippen molar-refractivity contribution in [3.8, 4) is 0 Å². The average molecular weight is 386 g/mol. The SMILES string of the molecule is O=C(NCCCc1ccc(N2CCCCCC2)cc1)C(=O)NC1CCCCC1. The number of nitrogens with zero attached hydrogens (tertiary/aromatic N) is 1. The molecule has 0 unspecified atom stereocenters. The summed E-state index contributed by atoms with van der Waals surface area (Å²) in [6.07, 6.45) is 12.5. The van der Waals surface area contributed by atoms with Gasteiger partial charge in [0.1, 0.15) is 0 Å². The average Bonchev–Trinajstić information content (AvgIpc) is 3.02. The minimum absolute atomic E-state index is 0.176. The van der Waals surface area contributed by atoms with Gasteiger partial charge in [0.25, 0.3) is 0 Å². The van der Waals surface area contributed by atoms with Crippen LogP contribution in [0.15, 0.2) is 24.3 Å². The highest BCUT2D eigenvalue weighted by molar-refractivity contribution is 6.35. The van der Waals surface area contributed by atoms with Gasteiger partial charge < -0.3 is 15.5 Å². The largest absolute Gasteiger partial charge is 0.372 e. The predicted octanol–water partition coefficient (Wildman–Crippen LogP) is 3.56. The Morgan fingerprint density at radius 1 is 0.857 bits per heavy atom. The standard InChI is InChI=1S/C23H35N3O2/c27-22(23(28)25-20-10-4-3-5-11-20)24-16-8-9-19-12-14-21(15-13-19)26-17-6-1-2-7-18-26/h12-15,20H,1-11,16-18H2,(H,24,27)(H,25,28). The molecule has 1 aliphatic heterocycles. The molecule has 0 bridgehead atoms. The van der Waals surface area contributed by atoms with Gasteiger partial charge in [-0.05, 0) is 56.2 Å². The zero-order valence-corrected chi connectivity index (χ0v) is 17.0. The smallest absolute Gasteiger partial charge is 0.309 e. The van der Waals surface area contributed by atoms with Crippen molar-refractivity contribution in [2.24, 2.45) is 0 Å². The van der Waals surface area contributed by atoms with Crippen molar-refractivity contribution >= 4 is 17.5 Å². The van der Waals surface area contributed by atoms with Crippen molar-refractivity contribution in [1.82, 2.24) is 10.6 Å². The van der Waals surface area contributed by atoms with E-state index in [0.717, 1.165) is 51.6 Å². The number of rotatable bonds is 6. The second kappa shape index (κ2) is 11.1. The number of nitrogens with one attached hydrogen (secondary N) is 2. The normalized spacial score (nSPS) is 18.4. The molecule has 2 amide bonds. The van der Waals surface area contributed by atoms with E-state index in [4.69, 9.17) is 0 Å². The second-order valence-electron chi connectivity index (χ2n) is 8.24. The van der Waals surface area contributed by atoms with E-state index in [1.807, 2.05) is 0 Å². The van der Waals surface area contributed by atoms with Crippen molar-refractivity contribution in [2.45, 2.75) is 76.7 Å². The molecule has 0 aromatic heterocycles. The third-order valence-corrected chi connectivity index (χ3v) is 5.98. The molecule has 1 saturated carbocycles. The van der Waals surface area contributed by atoms with E-state index in [0.29, 0.717) is 6.54 Å². The Labute approximate surface area is 169 Å². The summed E-state index contributed by atoms with van der Waals surface area (Å²) in [5.74, 6) is -0.976. The molecule has 0 spiro atoms. The number of hydrogen-bond donors (Lipinski definition) is 2. The Morgan fingerprint density at radius 2 is 1.50 bits per heavy atom. The molecule has 5 nitrogen and oxygen atoms in total. The first-order valence-electron chi connectivity index (χ1n) is 11.1. The molecule has 1 heterocycles. The van der Waals surface area contributed by atoms with Crippen molar-refractivity contribution < 1.29 is 9.59 Å². The molecule has 2 fully saturated rings. The molecule has 0 radical (unpaired) electrons. The van der Waals surface area contributed by atoms with Crippen molar-refractivity contribution in [3.63, 3.8) is 0 Å². The molecule has 1 aromatic rings. The van der Waals surface area contributed by atoms with Crippen molar-refractivity contribution in [3.05, 3.63) is 29.8 Å². The summed E-state index contributed by atoms with van der Waals surface area (Å²) in [5, 5.41) is 5.62. The van der Waals surface area contributed by atoms with E-state index < -0.39 is 11.8 Å². The fraction of sp³-hybridized carbons (Fsp3) is 0.652. The van der Waals surface area contributed by atoms with Crippen LogP contribution in [0.3, 0.4) is 0 Å². The minimum Gasteiger partial charge on any atom is -0.372 e. The number of amides is 2. The van der Waals surface area contributed by atoms with E-state index in [9.17, 15) is 9.59 Å². The Kier molecular flexibility index (Phi) is 8.19. The molecule has 5 heteroatoms. The molecule has 2 aliphatic rings. The van der Waals surface area contributed by atoms with Gasteiger partial charge >= 0.3 is 11.8 Å². The summed E-state index contributed by atoms with van der Waals surface area (Å²) in [6, 6.07) is 9.00. The van der Waals surface area contributed by atoms with Crippen LogP contribution in [0.1, 0.15) is 69.8 Å². The molecule has 0 atom stereocenters. The summed E-state index contributed by atoms with van der Waals surface area (Å²) in [4.78, 5) is 26.4. The van der Waals surface area contributed by atoms with Crippen LogP contribution in [-0.4, -0.2) is 37.5 Å².